The fourth-order valence-electron chi connectivity index (χ4n) is 3.87. The summed E-state index contributed by atoms with van der Waals surface area (Å²) in [6.45, 7) is 0.432. The van der Waals surface area contributed by atoms with Crippen LogP contribution in [0.25, 0.3) is 10.9 Å². The molecule has 7 nitrogen and oxygen atoms in total. The van der Waals surface area contributed by atoms with Crippen molar-refractivity contribution >= 4 is 28.2 Å². The molecule has 4 aromatic rings. The smallest absolute Gasteiger partial charge is 0.253 e. The summed E-state index contributed by atoms with van der Waals surface area (Å²) in [5.41, 5.74) is 3.35. The first-order valence-corrected chi connectivity index (χ1v) is 10.7. The quantitative estimate of drug-likeness (QED) is 0.324. The molecule has 0 radical (unpaired) electrons. The van der Waals surface area contributed by atoms with E-state index in [0.29, 0.717) is 47.2 Å². The number of benzene rings is 3. The number of H-pyrrole nitrogens is 1. The van der Waals surface area contributed by atoms with Crippen LogP contribution in [0.3, 0.4) is 0 Å². The Bertz CT molecular complexity index is 1290. The molecule has 4 rings (SSSR count). The topological polar surface area (TPSA) is 84.6 Å². The fraction of sp³-hybridized carbons (Fsp3) is 0.192. The Kier molecular flexibility index (Phi) is 6.87. The highest BCUT2D eigenvalue weighted by Gasteiger charge is 2.17. The number of anilines is 2. The molecule has 0 aliphatic carbocycles. The lowest BCUT2D eigenvalue weighted by Gasteiger charge is -2.17. The Morgan fingerprint density at radius 1 is 0.971 bits per heavy atom. The van der Waals surface area contributed by atoms with Crippen LogP contribution >= 0.6 is 0 Å². The molecule has 0 unspecified atom stereocenters. The number of rotatable bonds is 9. The van der Waals surface area contributed by atoms with Crippen molar-refractivity contribution < 1.29 is 23.4 Å². The number of fused-ring (bicyclic) bond motifs is 1. The molecule has 0 atom stereocenters. The third-order valence-corrected chi connectivity index (χ3v) is 5.52. The number of para-hydroxylation sites is 1. The Hall–Kier alpha value is -4.20. The van der Waals surface area contributed by atoms with E-state index in [-0.39, 0.29) is 5.91 Å². The maximum absolute atomic E-state index is 14.1. The largest absolute Gasteiger partial charge is 0.493 e. The average molecular weight is 464 g/mol. The van der Waals surface area contributed by atoms with Gasteiger partial charge in [0.05, 0.1) is 32.6 Å². The minimum atomic E-state index is -0.467. The molecule has 0 aliphatic heterocycles. The van der Waals surface area contributed by atoms with Gasteiger partial charge in [0.1, 0.15) is 5.82 Å². The van der Waals surface area contributed by atoms with Gasteiger partial charge in [-0.15, -0.1) is 0 Å². The molecule has 0 bridgehead atoms. The number of aromatic amines is 1. The number of carbonyl (C=O) groups is 1. The standard InChI is InChI=1S/C26H26FN3O4/c1-32-23-13-18(14-24(33-2)25(23)34-3)30-22-12-17(27)8-9-20(22)26(31)28-11-10-16-15-29-21-7-5-4-6-19(16)21/h4-9,12-15,29-30H,10-11H2,1-3H3,(H,28,31). The number of hydrogen-bond donors (Lipinski definition) is 3. The summed E-state index contributed by atoms with van der Waals surface area (Å²) >= 11 is 0. The van der Waals surface area contributed by atoms with Crippen LogP contribution < -0.4 is 24.8 Å². The third-order valence-electron chi connectivity index (χ3n) is 5.52. The highest BCUT2D eigenvalue weighted by Crippen LogP contribution is 2.41. The number of hydrogen-bond acceptors (Lipinski definition) is 5. The summed E-state index contributed by atoms with van der Waals surface area (Å²) < 4.78 is 30.2. The van der Waals surface area contributed by atoms with E-state index in [4.69, 9.17) is 14.2 Å². The zero-order valence-electron chi connectivity index (χ0n) is 19.2. The highest BCUT2D eigenvalue weighted by molar-refractivity contribution is 6.00. The zero-order valence-corrected chi connectivity index (χ0v) is 19.2. The number of aromatic nitrogens is 1. The molecule has 3 aromatic carbocycles. The Morgan fingerprint density at radius 2 is 1.71 bits per heavy atom. The summed E-state index contributed by atoms with van der Waals surface area (Å²) in [6.07, 6.45) is 2.61. The fourth-order valence-corrected chi connectivity index (χ4v) is 3.87. The van der Waals surface area contributed by atoms with Gasteiger partial charge in [-0.3, -0.25) is 4.79 Å². The summed E-state index contributed by atoms with van der Waals surface area (Å²) in [5.74, 6) is 0.529. The lowest BCUT2D eigenvalue weighted by Crippen LogP contribution is -2.26. The van der Waals surface area contributed by atoms with E-state index in [0.717, 1.165) is 16.5 Å². The molecule has 0 aliphatic rings. The van der Waals surface area contributed by atoms with Crippen LogP contribution in [0.2, 0.25) is 0 Å². The van der Waals surface area contributed by atoms with Gasteiger partial charge in [0.2, 0.25) is 5.75 Å². The lowest BCUT2D eigenvalue weighted by atomic mass is 10.1. The normalized spacial score (nSPS) is 10.7. The van der Waals surface area contributed by atoms with Crippen molar-refractivity contribution in [2.75, 3.05) is 33.2 Å². The van der Waals surface area contributed by atoms with E-state index in [2.05, 4.69) is 15.6 Å². The predicted octanol–water partition coefficient (Wildman–Crippen LogP) is 5.05. The summed E-state index contributed by atoms with van der Waals surface area (Å²) in [5, 5.41) is 7.16. The molecule has 1 heterocycles. The van der Waals surface area contributed by atoms with Crippen molar-refractivity contribution in [3.05, 3.63) is 77.7 Å². The van der Waals surface area contributed by atoms with Crippen molar-refractivity contribution in [3.63, 3.8) is 0 Å². The van der Waals surface area contributed by atoms with E-state index < -0.39 is 5.82 Å². The van der Waals surface area contributed by atoms with Crippen LogP contribution in [-0.2, 0) is 6.42 Å². The first-order valence-electron chi connectivity index (χ1n) is 10.7. The van der Waals surface area contributed by atoms with E-state index in [1.54, 1.807) is 12.1 Å². The maximum atomic E-state index is 14.1. The van der Waals surface area contributed by atoms with Gasteiger partial charge in [-0.1, -0.05) is 18.2 Å². The second-order valence-corrected chi connectivity index (χ2v) is 7.59. The monoisotopic (exact) mass is 463 g/mol. The zero-order chi connectivity index (χ0) is 24.1. The van der Waals surface area contributed by atoms with Crippen LogP contribution in [0.4, 0.5) is 15.8 Å². The predicted molar refractivity (Wildman–Crippen MR) is 130 cm³/mol. The van der Waals surface area contributed by atoms with Gasteiger partial charge < -0.3 is 29.8 Å². The third kappa shape index (κ3) is 4.76. The minimum absolute atomic E-state index is 0.310. The van der Waals surface area contributed by atoms with Crippen LogP contribution in [0.1, 0.15) is 15.9 Å². The van der Waals surface area contributed by atoms with Gasteiger partial charge in [0, 0.05) is 41.5 Å². The minimum Gasteiger partial charge on any atom is -0.493 e. The van der Waals surface area contributed by atoms with Crippen molar-refractivity contribution in [1.29, 1.82) is 0 Å². The molecule has 0 fully saturated rings. The summed E-state index contributed by atoms with van der Waals surface area (Å²) in [6, 6.07) is 15.4. The van der Waals surface area contributed by atoms with Gasteiger partial charge in [0.25, 0.3) is 5.91 Å². The molecule has 1 amide bonds. The van der Waals surface area contributed by atoms with Crippen LogP contribution in [0.5, 0.6) is 17.2 Å². The molecule has 3 N–H and O–H groups in total. The summed E-state index contributed by atoms with van der Waals surface area (Å²) in [7, 11) is 4.53. The molecule has 0 saturated heterocycles. The molecule has 0 saturated carbocycles. The van der Waals surface area contributed by atoms with Crippen molar-refractivity contribution in [3.8, 4) is 17.2 Å². The summed E-state index contributed by atoms with van der Waals surface area (Å²) in [4.78, 5) is 16.2. The molecular weight excluding hydrogens is 437 g/mol. The maximum Gasteiger partial charge on any atom is 0.253 e. The highest BCUT2D eigenvalue weighted by atomic mass is 19.1. The van der Waals surface area contributed by atoms with Gasteiger partial charge >= 0.3 is 0 Å². The van der Waals surface area contributed by atoms with Gasteiger partial charge in [-0.05, 0) is 36.2 Å². The molecule has 1 aromatic heterocycles. The number of amides is 1. The first kappa shape index (κ1) is 23.0. The molecule has 8 heteroatoms. The van der Waals surface area contributed by atoms with Crippen LogP contribution in [0.15, 0.2) is 60.8 Å². The van der Waals surface area contributed by atoms with Gasteiger partial charge in [0.15, 0.2) is 11.5 Å². The van der Waals surface area contributed by atoms with E-state index >= 15 is 0 Å². The average Bonchev–Trinajstić information content (AvgIpc) is 3.26. The Labute approximate surface area is 196 Å². The lowest BCUT2D eigenvalue weighted by molar-refractivity contribution is 0.0955. The van der Waals surface area contributed by atoms with Crippen molar-refractivity contribution in [2.24, 2.45) is 0 Å². The number of halogens is 1. The van der Waals surface area contributed by atoms with Crippen molar-refractivity contribution in [1.82, 2.24) is 10.3 Å². The number of ether oxygens (including phenoxy) is 3. The molecular formula is C26H26FN3O4. The van der Waals surface area contributed by atoms with E-state index in [1.807, 2.05) is 30.5 Å². The Morgan fingerprint density at radius 3 is 2.41 bits per heavy atom. The van der Waals surface area contributed by atoms with E-state index in [9.17, 15) is 9.18 Å². The second kappa shape index (κ2) is 10.2. The number of carbonyl (C=O) groups excluding carboxylic acids is 1. The second-order valence-electron chi connectivity index (χ2n) is 7.59. The number of nitrogens with one attached hydrogen (secondary N) is 3. The van der Waals surface area contributed by atoms with Crippen molar-refractivity contribution in [2.45, 2.75) is 6.42 Å². The SMILES string of the molecule is COc1cc(Nc2cc(F)ccc2C(=O)NCCc2c[nH]c3ccccc23)cc(OC)c1OC. The number of methoxy groups -OCH3 is 3. The van der Waals surface area contributed by atoms with Crippen LogP contribution in [0, 0.1) is 5.82 Å². The van der Waals surface area contributed by atoms with Gasteiger partial charge in [-0.25, -0.2) is 4.39 Å². The molecule has 0 spiro atoms. The molecule has 34 heavy (non-hydrogen) atoms. The van der Waals surface area contributed by atoms with Gasteiger partial charge in [-0.2, -0.15) is 0 Å². The molecule has 176 valence electrons. The first-order chi connectivity index (χ1) is 16.5. The van der Waals surface area contributed by atoms with Crippen LogP contribution in [-0.4, -0.2) is 38.8 Å². The Balaban J connectivity index is 1.52. The van der Waals surface area contributed by atoms with E-state index in [1.165, 1.54) is 39.5 Å².